The van der Waals surface area contributed by atoms with Crippen molar-refractivity contribution in [1.29, 1.82) is 0 Å². The molecular formula is C12H13N5S. The van der Waals surface area contributed by atoms with Gasteiger partial charge in [-0.15, -0.1) is 11.3 Å². The molecule has 0 unspecified atom stereocenters. The van der Waals surface area contributed by atoms with Crippen molar-refractivity contribution in [3.63, 3.8) is 0 Å². The van der Waals surface area contributed by atoms with Gasteiger partial charge < -0.3 is 10.3 Å². The van der Waals surface area contributed by atoms with Crippen LogP contribution >= 0.6 is 11.3 Å². The average Bonchev–Trinajstić information content (AvgIpc) is 2.92. The number of nitrogen functional groups attached to an aromatic ring is 1. The second-order valence-electron chi connectivity index (χ2n) is 3.99. The van der Waals surface area contributed by atoms with Crippen molar-refractivity contribution in [2.45, 2.75) is 19.9 Å². The predicted octanol–water partition coefficient (Wildman–Crippen LogP) is 2.08. The van der Waals surface area contributed by atoms with Gasteiger partial charge in [0, 0.05) is 24.5 Å². The van der Waals surface area contributed by atoms with Crippen LogP contribution in [-0.4, -0.2) is 19.5 Å². The number of aromatic nitrogens is 4. The molecule has 3 rings (SSSR count). The maximum Gasteiger partial charge on any atom is 0.180 e. The summed E-state index contributed by atoms with van der Waals surface area (Å²) in [6.45, 7) is 3.00. The van der Waals surface area contributed by atoms with Crippen LogP contribution in [0.4, 0.5) is 5.13 Å². The summed E-state index contributed by atoms with van der Waals surface area (Å²) in [6, 6.07) is 1.99. The Hall–Kier alpha value is -1.95. The number of thiazole rings is 1. The maximum absolute atomic E-state index is 5.65. The fourth-order valence-corrected chi connectivity index (χ4v) is 2.65. The highest BCUT2D eigenvalue weighted by molar-refractivity contribution is 7.13. The van der Waals surface area contributed by atoms with E-state index in [-0.39, 0.29) is 0 Å². The monoisotopic (exact) mass is 259 g/mol. The van der Waals surface area contributed by atoms with E-state index in [9.17, 15) is 0 Å². The number of nitrogens with two attached hydrogens (primary N) is 1. The molecule has 5 nitrogen and oxygen atoms in total. The maximum atomic E-state index is 5.65. The van der Waals surface area contributed by atoms with Gasteiger partial charge in [-0.05, 0) is 13.0 Å². The van der Waals surface area contributed by atoms with Crippen molar-refractivity contribution < 1.29 is 0 Å². The molecule has 0 saturated heterocycles. The molecule has 0 saturated carbocycles. The van der Waals surface area contributed by atoms with Crippen molar-refractivity contribution in [2.75, 3.05) is 5.73 Å². The molecule has 0 fully saturated rings. The van der Waals surface area contributed by atoms with Crippen molar-refractivity contribution in [3.05, 3.63) is 35.4 Å². The summed E-state index contributed by atoms with van der Waals surface area (Å²) in [5.41, 5.74) is 8.66. The van der Waals surface area contributed by atoms with Crippen LogP contribution in [0.25, 0.3) is 11.0 Å². The topological polar surface area (TPSA) is 69.6 Å². The van der Waals surface area contributed by atoms with E-state index in [1.54, 1.807) is 12.4 Å². The van der Waals surface area contributed by atoms with Gasteiger partial charge in [-0.2, -0.15) is 0 Å². The fraction of sp³-hybridized carbons (Fsp3) is 0.250. The van der Waals surface area contributed by atoms with Crippen LogP contribution in [0, 0.1) is 0 Å². The minimum atomic E-state index is 0.603. The van der Waals surface area contributed by atoms with E-state index in [0.29, 0.717) is 11.6 Å². The summed E-state index contributed by atoms with van der Waals surface area (Å²) in [6.07, 6.45) is 4.29. The molecular weight excluding hydrogens is 246 g/mol. The van der Waals surface area contributed by atoms with E-state index in [4.69, 9.17) is 5.73 Å². The normalized spacial score (nSPS) is 11.2. The summed E-state index contributed by atoms with van der Waals surface area (Å²) in [4.78, 5) is 13.0. The Balaban J connectivity index is 2.05. The summed E-state index contributed by atoms with van der Waals surface area (Å²) < 4.78 is 2.19. The number of aryl methyl sites for hydroxylation is 1. The largest absolute Gasteiger partial charge is 0.375 e. The first-order chi connectivity index (χ1) is 8.78. The zero-order valence-electron chi connectivity index (χ0n) is 10.00. The van der Waals surface area contributed by atoms with E-state index >= 15 is 0 Å². The van der Waals surface area contributed by atoms with Crippen LogP contribution in [0.15, 0.2) is 23.8 Å². The Labute approximate surface area is 108 Å². The highest BCUT2D eigenvalue weighted by Crippen LogP contribution is 2.19. The number of imidazole rings is 1. The van der Waals surface area contributed by atoms with Gasteiger partial charge in [0.1, 0.15) is 11.3 Å². The van der Waals surface area contributed by atoms with E-state index in [2.05, 4.69) is 26.4 Å². The number of hydrogen-bond acceptors (Lipinski definition) is 5. The first-order valence-corrected chi connectivity index (χ1v) is 6.65. The number of nitrogens with zero attached hydrogens (tertiary/aromatic N) is 4. The van der Waals surface area contributed by atoms with E-state index in [0.717, 1.165) is 29.1 Å². The third-order valence-electron chi connectivity index (χ3n) is 2.85. The van der Waals surface area contributed by atoms with Crippen LogP contribution in [0.2, 0.25) is 0 Å². The van der Waals surface area contributed by atoms with Crippen LogP contribution < -0.4 is 5.73 Å². The van der Waals surface area contributed by atoms with E-state index in [1.165, 1.54) is 11.3 Å². The molecule has 0 aliphatic heterocycles. The minimum Gasteiger partial charge on any atom is -0.375 e. The van der Waals surface area contributed by atoms with Gasteiger partial charge in [0.2, 0.25) is 0 Å². The molecule has 0 bridgehead atoms. The average molecular weight is 259 g/mol. The number of fused-ring (bicyclic) bond motifs is 1. The third-order valence-corrected chi connectivity index (χ3v) is 3.58. The number of anilines is 1. The Kier molecular flexibility index (Phi) is 2.71. The molecule has 0 aromatic carbocycles. The van der Waals surface area contributed by atoms with E-state index in [1.807, 2.05) is 11.4 Å². The van der Waals surface area contributed by atoms with Crippen molar-refractivity contribution in [3.8, 4) is 0 Å². The van der Waals surface area contributed by atoms with Crippen LogP contribution in [0.3, 0.4) is 0 Å². The molecule has 2 N–H and O–H groups in total. The number of pyridine rings is 1. The van der Waals surface area contributed by atoms with Gasteiger partial charge in [-0.3, -0.25) is 4.98 Å². The molecule has 0 aliphatic rings. The second-order valence-corrected chi connectivity index (χ2v) is 4.88. The summed E-state index contributed by atoms with van der Waals surface area (Å²) >= 11 is 1.46. The van der Waals surface area contributed by atoms with Gasteiger partial charge in [-0.25, -0.2) is 9.97 Å². The lowest BCUT2D eigenvalue weighted by atomic mass is 10.3. The van der Waals surface area contributed by atoms with E-state index < -0.39 is 0 Å². The van der Waals surface area contributed by atoms with Gasteiger partial charge in [-0.1, -0.05) is 0 Å². The van der Waals surface area contributed by atoms with Crippen LogP contribution in [0.1, 0.15) is 18.4 Å². The zero-order valence-corrected chi connectivity index (χ0v) is 10.8. The molecule has 0 radical (unpaired) electrons. The Bertz CT molecular complexity index is 685. The van der Waals surface area contributed by atoms with Gasteiger partial charge in [0.25, 0.3) is 0 Å². The molecule has 0 spiro atoms. The minimum absolute atomic E-state index is 0.603. The standard InChI is InChI=1S/C12H13N5S/c1-2-17-10-3-4-14-6-9(10)16-11(17)5-8-7-18-12(13)15-8/h3-4,6-7H,2,5H2,1H3,(H2,13,15). The summed E-state index contributed by atoms with van der Waals surface area (Å²) in [5, 5.41) is 2.58. The molecule has 92 valence electrons. The molecule has 0 aliphatic carbocycles. The quantitative estimate of drug-likeness (QED) is 0.781. The molecule has 3 heterocycles. The lowest BCUT2D eigenvalue weighted by Gasteiger charge is -2.04. The molecule has 6 heteroatoms. The molecule has 18 heavy (non-hydrogen) atoms. The molecule has 3 aromatic rings. The summed E-state index contributed by atoms with van der Waals surface area (Å²) in [7, 11) is 0. The molecule has 0 amide bonds. The third kappa shape index (κ3) is 1.84. The Morgan fingerprint density at radius 1 is 1.39 bits per heavy atom. The van der Waals surface area contributed by atoms with Gasteiger partial charge >= 0.3 is 0 Å². The second kappa shape index (κ2) is 4.38. The molecule has 3 aromatic heterocycles. The van der Waals surface area contributed by atoms with Crippen LogP contribution in [-0.2, 0) is 13.0 Å². The first kappa shape index (κ1) is 11.2. The van der Waals surface area contributed by atoms with Gasteiger partial charge in [0.05, 0.1) is 17.4 Å². The van der Waals surface area contributed by atoms with Crippen molar-refractivity contribution in [2.24, 2.45) is 0 Å². The first-order valence-electron chi connectivity index (χ1n) is 5.77. The Morgan fingerprint density at radius 3 is 3.00 bits per heavy atom. The smallest absolute Gasteiger partial charge is 0.180 e. The number of rotatable bonds is 3. The van der Waals surface area contributed by atoms with Crippen LogP contribution in [0.5, 0.6) is 0 Å². The highest BCUT2D eigenvalue weighted by Gasteiger charge is 2.11. The SMILES string of the molecule is CCn1c(Cc2csc(N)n2)nc2cnccc21. The summed E-state index contributed by atoms with van der Waals surface area (Å²) in [5.74, 6) is 1.01. The molecule has 0 atom stereocenters. The number of hydrogen-bond donors (Lipinski definition) is 1. The van der Waals surface area contributed by atoms with Crippen molar-refractivity contribution >= 4 is 27.5 Å². The fourth-order valence-electron chi connectivity index (χ4n) is 2.09. The van der Waals surface area contributed by atoms with Gasteiger partial charge in [0.15, 0.2) is 5.13 Å². The predicted molar refractivity (Wildman–Crippen MR) is 72.5 cm³/mol. The lowest BCUT2D eigenvalue weighted by molar-refractivity contribution is 0.730. The Morgan fingerprint density at radius 2 is 2.28 bits per heavy atom. The lowest BCUT2D eigenvalue weighted by Crippen LogP contribution is -2.03. The highest BCUT2D eigenvalue weighted by atomic mass is 32.1. The van der Waals surface area contributed by atoms with Crippen molar-refractivity contribution in [1.82, 2.24) is 19.5 Å². The zero-order chi connectivity index (χ0) is 12.5.